The number of amides is 2. The summed E-state index contributed by atoms with van der Waals surface area (Å²) in [5, 5.41) is 13.8. The Kier molecular flexibility index (Phi) is 4.68. The maximum atomic E-state index is 12.5. The van der Waals surface area contributed by atoms with Gasteiger partial charge in [-0.25, -0.2) is 10.3 Å². The highest BCUT2D eigenvalue weighted by Gasteiger charge is 2.50. The van der Waals surface area contributed by atoms with E-state index in [2.05, 4.69) is 14.9 Å². The zero-order valence-corrected chi connectivity index (χ0v) is 15.7. The van der Waals surface area contributed by atoms with Crippen molar-refractivity contribution in [2.45, 2.75) is 37.9 Å². The van der Waals surface area contributed by atoms with Gasteiger partial charge in [0.25, 0.3) is 0 Å². The largest absolute Gasteiger partial charge is 0.418 e. The van der Waals surface area contributed by atoms with Crippen LogP contribution in [0.3, 0.4) is 0 Å². The molecule has 0 radical (unpaired) electrons. The lowest BCUT2D eigenvalue weighted by Gasteiger charge is -2.35. The molecule has 4 rings (SSSR count). The van der Waals surface area contributed by atoms with E-state index in [0.29, 0.717) is 36.9 Å². The van der Waals surface area contributed by atoms with E-state index < -0.39 is 28.6 Å². The van der Waals surface area contributed by atoms with Gasteiger partial charge in [-0.3, -0.25) is 14.9 Å². The number of urea groups is 1. The lowest BCUT2D eigenvalue weighted by Crippen LogP contribution is -2.53. The van der Waals surface area contributed by atoms with Gasteiger partial charge in [0, 0.05) is 25.6 Å². The van der Waals surface area contributed by atoms with Crippen LogP contribution in [0.1, 0.15) is 25.7 Å². The number of carbonyl (C=O) groups excluding carboxylic acids is 1. The quantitative estimate of drug-likeness (QED) is 0.242. The van der Waals surface area contributed by atoms with Gasteiger partial charge in [-0.15, -0.1) is 9.39 Å². The van der Waals surface area contributed by atoms with Crippen molar-refractivity contribution in [2.24, 2.45) is 16.8 Å². The number of hydrazine groups is 1. The number of guanidine groups is 1. The third-order valence-corrected chi connectivity index (χ3v) is 5.72. The monoisotopic (exact) mass is 418 g/mol. The highest BCUT2D eigenvalue weighted by molar-refractivity contribution is 7.80. The van der Waals surface area contributed by atoms with E-state index in [1.54, 1.807) is 4.90 Å². The molecule has 156 valence electrons. The Hall–Kier alpha value is -2.36. The van der Waals surface area contributed by atoms with Crippen molar-refractivity contribution >= 4 is 28.3 Å². The zero-order chi connectivity index (χ0) is 20.1. The average molecular weight is 418 g/mol. The van der Waals surface area contributed by atoms with Gasteiger partial charge in [0.1, 0.15) is 6.17 Å². The Morgan fingerprint density at radius 3 is 2.68 bits per heavy atom. The van der Waals surface area contributed by atoms with E-state index in [4.69, 9.17) is 20.5 Å². The lowest BCUT2D eigenvalue weighted by atomic mass is 9.97. The molecule has 15 heteroatoms. The Morgan fingerprint density at radius 2 is 2.04 bits per heavy atom. The highest BCUT2D eigenvalue weighted by atomic mass is 32.3. The van der Waals surface area contributed by atoms with Gasteiger partial charge in [0.05, 0.1) is 6.04 Å². The minimum Gasteiger partial charge on any atom is -0.370 e. The van der Waals surface area contributed by atoms with Gasteiger partial charge >= 0.3 is 16.4 Å². The van der Waals surface area contributed by atoms with Crippen molar-refractivity contribution in [1.82, 2.24) is 25.6 Å². The fraction of sp³-hybridized carbons (Fsp3) is 0.769. The molecule has 2 amide bonds. The molecule has 0 unspecified atom stereocenters. The molecule has 0 saturated carbocycles. The maximum absolute atomic E-state index is 12.5. The third-order valence-electron chi connectivity index (χ3n) is 5.37. The van der Waals surface area contributed by atoms with Crippen LogP contribution < -0.4 is 11.3 Å². The zero-order valence-electron chi connectivity index (χ0n) is 14.9. The Bertz CT molecular complexity index is 797. The molecule has 2 atom stereocenters. The first kappa shape index (κ1) is 19.0. The van der Waals surface area contributed by atoms with Crippen LogP contribution in [-0.2, 0) is 19.5 Å². The van der Waals surface area contributed by atoms with Crippen molar-refractivity contribution in [3.8, 4) is 0 Å². The first-order valence-electron chi connectivity index (χ1n) is 8.89. The summed E-state index contributed by atoms with van der Waals surface area (Å²) in [5.74, 6) is 0.620. The molecule has 0 aromatic carbocycles. The standard InChI is InChI=1S/C13H22N8O6S/c14-12(15)18-5-3-8(4-6-18)11-16-17-21(26-11)10-2-1-9-7-19(10)13(22)20(9)27-28(23,24)25/h8-10,17H,1-7H2,(H3,14,15)(H,23,24,25)/t9-,10+/m0/s1. The molecule has 3 fully saturated rings. The van der Waals surface area contributed by atoms with Crippen molar-refractivity contribution in [1.29, 1.82) is 5.41 Å². The number of hydrogen-bond acceptors (Lipinski definition) is 9. The minimum atomic E-state index is -4.78. The van der Waals surface area contributed by atoms with Gasteiger partial charge in [-0.05, 0) is 30.9 Å². The van der Waals surface area contributed by atoms with Crippen LogP contribution in [-0.4, -0.2) is 82.7 Å². The van der Waals surface area contributed by atoms with Gasteiger partial charge in [-0.1, -0.05) is 0 Å². The number of piperidine rings is 2. The van der Waals surface area contributed by atoms with E-state index in [9.17, 15) is 13.2 Å². The molecule has 0 aromatic rings. The summed E-state index contributed by atoms with van der Waals surface area (Å²) in [6, 6.07) is -1.14. The summed E-state index contributed by atoms with van der Waals surface area (Å²) in [6.45, 7) is 1.52. The second kappa shape index (κ2) is 6.91. The van der Waals surface area contributed by atoms with Crippen LogP contribution in [0.5, 0.6) is 0 Å². The molecule has 3 saturated heterocycles. The van der Waals surface area contributed by atoms with Crippen LogP contribution in [0, 0.1) is 11.3 Å². The molecule has 0 aliphatic carbocycles. The first-order chi connectivity index (χ1) is 13.2. The molecule has 5 N–H and O–H groups in total. The summed E-state index contributed by atoms with van der Waals surface area (Å²) >= 11 is 0. The maximum Gasteiger partial charge on any atom is 0.418 e. The third kappa shape index (κ3) is 3.52. The summed E-state index contributed by atoms with van der Waals surface area (Å²) < 4.78 is 35.2. The predicted molar refractivity (Wildman–Crippen MR) is 93.1 cm³/mol. The van der Waals surface area contributed by atoms with Crippen molar-refractivity contribution in [3.63, 3.8) is 0 Å². The van der Waals surface area contributed by atoms with E-state index in [-0.39, 0.29) is 18.4 Å². The molecule has 2 bridgehead atoms. The Balaban J connectivity index is 1.36. The van der Waals surface area contributed by atoms with E-state index in [0.717, 1.165) is 12.8 Å². The van der Waals surface area contributed by atoms with Crippen molar-refractivity contribution in [2.75, 3.05) is 19.6 Å². The minimum absolute atomic E-state index is 0.0495. The number of nitrogens with zero attached hydrogens (tertiary/aromatic N) is 5. The fourth-order valence-corrected chi connectivity index (χ4v) is 4.34. The van der Waals surface area contributed by atoms with E-state index >= 15 is 0 Å². The molecule has 4 heterocycles. The summed E-state index contributed by atoms with van der Waals surface area (Å²) in [5.41, 5.74) is 8.28. The van der Waals surface area contributed by atoms with Crippen LogP contribution >= 0.6 is 0 Å². The number of likely N-dealkylation sites (tertiary alicyclic amines) is 1. The number of hydroxylamine groups is 3. The molecule has 28 heavy (non-hydrogen) atoms. The smallest absolute Gasteiger partial charge is 0.370 e. The van der Waals surface area contributed by atoms with Crippen LogP contribution in [0.25, 0.3) is 0 Å². The van der Waals surface area contributed by atoms with E-state index in [1.165, 1.54) is 10.1 Å². The Labute approximate surface area is 161 Å². The molecule has 0 aromatic heterocycles. The number of hydrogen-bond donors (Lipinski definition) is 4. The average Bonchev–Trinajstić information content (AvgIpc) is 3.22. The Morgan fingerprint density at radius 1 is 1.32 bits per heavy atom. The molecular formula is C13H22N8O6S. The van der Waals surface area contributed by atoms with Crippen molar-refractivity contribution < 1.29 is 26.9 Å². The topological polar surface area (TPSA) is 177 Å². The molecule has 0 spiro atoms. The van der Waals surface area contributed by atoms with Gasteiger partial charge in [-0.2, -0.15) is 13.5 Å². The summed E-state index contributed by atoms with van der Waals surface area (Å²) in [4.78, 5) is 21.5. The predicted octanol–water partition coefficient (Wildman–Crippen LogP) is -1.38. The lowest BCUT2D eigenvalue weighted by molar-refractivity contribution is -0.173. The summed E-state index contributed by atoms with van der Waals surface area (Å²) in [6.07, 6.45) is 1.94. The normalized spacial score (nSPS) is 29.0. The second-order valence-electron chi connectivity index (χ2n) is 7.09. The number of carbonyl (C=O) groups is 1. The molecular weight excluding hydrogens is 396 g/mol. The molecule has 4 aliphatic heterocycles. The van der Waals surface area contributed by atoms with Gasteiger partial charge in [0.2, 0.25) is 5.90 Å². The first-order valence-corrected chi connectivity index (χ1v) is 10.3. The summed E-state index contributed by atoms with van der Waals surface area (Å²) in [7, 11) is -4.78. The van der Waals surface area contributed by atoms with Gasteiger partial charge < -0.3 is 15.5 Å². The number of hydrazone groups is 1. The highest BCUT2D eigenvalue weighted by Crippen LogP contribution is 2.33. The van der Waals surface area contributed by atoms with Gasteiger partial charge in [0.15, 0.2) is 5.96 Å². The number of nitrogens with one attached hydrogen (secondary N) is 2. The van der Waals surface area contributed by atoms with Crippen LogP contribution in [0.2, 0.25) is 0 Å². The van der Waals surface area contributed by atoms with Crippen LogP contribution in [0.15, 0.2) is 5.10 Å². The van der Waals surface area contributed by atoms with E-state index in [1.807, 2.05) is 0 Å². The fourth-order valence-electron chi connectivity index (χ4n) is 3.96. The number of nitrogens with two attached hydrogens (primary N) is 1. The number of fused-ring (bicyclic) bond motifs is 2. The molecule has 14 nitrogen and oxygen atoms in total. The molecule has 4 aliphatic rings. The van der Waals surface area contributed by atoms with Crippen LogP contribution in [0.4, 0.5) is 4.79 Å². The second-order valence-corrected chi connectivity index (χ2v) is 8.09. The number of rotatable bonds is 4. The van der Waals surface area contributed by atoms with Crippen molar-refractivity contribution in [3.05, 3.63) is 0 Å². The SMILES string of the molecule is N=C(N)N1CCC(C2=NNN([C@@H]3CC[C@H]4CN3C(=O)N4OS(=O)(=O)O)O2)CC1.